The van der Waals surface area contributed by atoms with Crippen molar-refractivity contribution in [2.45, 2.75) is 11.8 Å². The van der Waals surface area contributed by atoms with Crippen molar-refractivity contribution in [1.82, 2.24) is 0 Å². The molecule has 0 saturated carbocycles. The number of carbonyl (C=O) groups is 1. The van der Waals surface area contributed by atoms with Crippen LogP contribution in [-0.4, -0.2) is 27.8 Å². The van der Waals surface area contributed by atoms with Crippen molar-refractivity contribution in [3.8, 4) is 6.07 Å². The van der Waals surface area contributed by atoms with Gasteiger partial charge in [0.25, 0.3) is 0 Å². The fourth-order valence-electron chi connectivity index (χ4n) is 1.41. The van der Waals surface area contributed by atoms with Crippen molar-refractivity contribution in [2.75, 3.05) is 13.4 Å². The molecule has 90 valence electrons. The second-order valence-corrected chi connectivity index (χ2v) is 5.52. The van der Waals surface area contributed by atoms with Crippen LogP contribution in [0.5, 0.6) is 0 Å². The second kappa shape index (κ2) is 4.55. The molecule has 1 rings (SSSR count). The number of esters is 1. The monoisotopic (exact) mass is 253 g/mol. The molecule has 0 aliphatic heterocycles. The van der Waals surface area contributed by atoms with Gasteiger partial charge in [-0.1, -0.05) is 0 Å². The maximum atomic E-state index is 11.5. The molecule has 0 aliphatic carbocycles. The number of sulfone groups is 1. The van der Waals surface area contributed by atoms with Gasteiger partial charge in [-0.25, -0.2) is 13.2 Å². The summed E-state index contributed by atoms with van der Waals surface area (Å²) in [6.07, 6.45) is 0.986. The molecular weight excluding hydrogens is 242 g/mol. The molecule has 1 aromatic carbocycles. The molecule has 0 radical (unpaired) electrons. The highest BCUT2D eigenvalue weighted by molar-refractivity contribution is 7.90. The van der Waals surface area contributed by atoms with E-state index in [1.165, 1.54) is 19.2 Å². The minimum atomic E-state index is -3.56. The first-order valence-electron chi connectivity index (χ1n) is 4.64. The number of hydrogen-bond donors (Lipinski definition) is 0. The third-order valence-corrected chi connectivity index (χ3v) is 3.39. The summed E-state index contributed by atoms with van der Waals surface area (Å²) in [6.45, 7) is 1.61. The van der Waals surface area contributed by atoms with Crippen LogP contribution in [0, 0.1) is 18.3 Å². The van der Waals surface area contributed by atoms with Crippen LogP contribution in [0.1, 0.15) is 21.5 Å². The first kappa shape index (κ1) is 13.2. The molecule has 0 atom stereocenters. The lowest BCUT2D eigenvalue weighted by atomic mass is 10.1. The fourth-order valence-corrected chi connectivity index (χ4v) is 2.25. The second-order valence-electron chi connectivity index (χ2n) is 3.54. The van der Waals surface area contributed by atoms with Crippen LogP contribution in [0.4, 0.5) is 0 Å². The Bertz CT molecular complexity index is 611. The smallest absolute Gasteiger partial charge is 0.338 e. The van der Waals surface area contributed by atoms with E-state index in [4.69, 9.17) is 5.26 Å². The molecule has 1 aromatic rings. The number of benzene rings is 1. The van der Waals surface area contributed by atoms with E-state index in [0.717, 1.165) is 6.26 Å². The topological polar surface area (TPSA) is 84.2 Å². The number of nitrogens with zero attached hydrogens (tertiary/aromatic N) is 1. The summed E-state index contributed by atoms with van der Waals surface area (Å²) in [5, 5.41) is 8.86. The molecule has 0 amide bonds. The Morgan fingerprint density at radius 3 is 2.41 bits per heavy atom. The molecule has 0 aliphatic rings. The van der Waals surface area contributed by atoms with E-state index >= 15 is 0 Å². The fraction of sp³-hybridized carbons (Fsp3) is 0.273. The molecular formula is C11H11NO4S. The van der Waals surface area contributed by atoms with Crippen molar-refractivity contribution in [3.05, 3.63) is 28.8 Å². The van der Waals surface area contributed by atoms with Crippen LogP contribution in [0.25, 0.3) is 0 Å². The van der Waals surface area contributed by atoms with Gasteiger partial charge >= 0.3 is 5.97 Å². The Kier molecular flexibility index (Phi) is 3.53. The summed E-state index contributed by atoms with van der Waals surface area (Å²) in [5.41, 5.74) is 0.672. The first-order chi connectivity index (χ1) is 7.81. The van der Waals surface area contributed by atoms with E-state index in [-0.39, 0.29) is 16.0 Å². The van der Waals surface area contributed by atoms with Gasteiger partial charge < -0.3 is 4.74 Å². The number of nitriles is 1. The molecule has 6 heteroatoms. The normalized spacial score (nSPS) is 10.7. The highest BCUT2D eigenvalue weighted by Crippen LogP contribution is 2.21. The molecule has 17 heavy (non-hydrogen) atoms. The first-order valence-corrected chi connectivity index (χ1v) is 6.53. The predicted molar refractivity (Wildman–Crippen MR) is 60.3 cm³/mol. The lowest BCUT2D eigenvalue weighted by Crippen LogP contribution is -2.08. The Morgan fingerprint density at radius 1 is 1.41 bits per heavy atom. The number of ether oxygens (including phenoxy) is 1. The quantitative estimate of drug-likeness (QED) is 0.736. The van der Waals surface area contributed by atoms with Crippen LogP contribution in [-0.2, 0) is 14.6 Å². The highest BCUT2D eigenvalue weighted by Gasteiger charge is 2.19. The van der Waals surface area contributed by atoms with Gasteiger partial charge in [0, 0.05) is 6.26 Å². The molecule has 0 unspecified atom stereocenters. The lowest BCUT2D eigenvalue weighted by molar-refractivity contribution is 0.0599. The van der Waals surface area contributed by atoms with Crippen LogP contribution >= 0.6 is 0 Å². The average molecular weight is 253 g/mol. The van der Waals surface area contributed by atoms with Gasteiger partial charge in [0.2, 0.25) is 0 Å². The lowest BCUT2D eigenvalue weighted by Gasteiger charge is -2.08. The summed E-state index contributed by atoms with van der Waals surface area (Å²) in [4.78, 5) is 11.3. The molecule has 5 nitrogen and oxygen atoms in total. The zero-order chi connectivity index (χ0) is 13.2. The molecule has 0 aromatic heterocycles. The van der Waals surface area contributed by atoms with Gasteiger partial charge in [-0.2, -0.15) is 5.26 Å². The maximum Gasteiger partial charge on any atom is 0.338 e. The molecule has 0 bridgehead atoms. The standard InChI is InChI=1S/C11H11NO4S/c1-7-4-8(6-12)10(17(3,14)15)5-9(7)11(13)16-2/h4-5H,1-3H3. The van der Waals surface area contributed by atoms with Gasteiger partial charge in [-0.15, -0.1) is 0 Å². The Hall–Kier alpha value is -1.87. The largest absolute Gasteiger partial charge is 0.465 e. The third kappa shape index (κ3) is 2.63. The van der Waals surface area contributed by atoms with Gasteiger partial charge in [-0.3, -0.25) is 0 Å². The van der Waals surface area contributed by atoms with Gasteiger partial charge in [0.05, 0.1) is 23.1 Å². The predicted octanol–water partition coefficient (Wildman–Crippen LogP) is 1.06. The Balaban J connectivity index is 3.62. The minimum Gasteiger partial charge on any atom is -0.465 e. The summed E-state index contributed by atoms with van der Waals surface area (Å²) in [5.74, 6) is -0.628. The Labute approximate surface area is 99.5 Å². The molecule has 0 N–H and O–H groups in total. The van der Waals surface area contributed by atoms with E-state index in [1.54, 1.807) is 13.0 Å². The third-order valence-electron chi connectivity index (χ3n) is 2.25. The number of carbonyl (C=O) groups excluding carboxylic acids is 1. The number of aryl methyl sites for hydroxylation is 1. The summed E-state index contributed by atoms with van der Waals surface area (Å²) in [7, 11) is -2.35. The maximum absolute atomic E-state index is 11.5. The van der Waals surface area contributed by atoms with Crippen LogP contribution in [0.15, 0.2) is 17.0 Å². The number of rotatable bonds is 2. The summed E-state index contributed by atoms with van der Waals surface area (Å²) >= 11 is 0. The van der Waals surface area contributed by atoms with Crippen molar-refractivity contribution in [3.63, 3.8) is 0 Å². The Morgan fingerprint density at radius 2 is 2.00 bits per heavy atom. The summed E-state index contributed by atoms with van der Waals surface area (Å²) < 4.78 is 27.5. The van der Waals surface area contributed by atoms with Crippen molar-refractivity contribution in [1.29, 1.82) is 5.26 Å². The zero-order valence-corrected chi connectivity index (χ0v) is 10.5. The van der Waals surface area contributed by atoms with Gasteiger partial charge in [0.15, 0.2) is 9.84 Å². The van der Waals surface area contributed by atoms with Crippen LogP contribution in [0.2, 0.25) is 0 Å². The van der Waals surface area contributed by atoms with Crippen molar-refractivity contribution < 1.29 is 17.9 Å². The van der Waals surface area contributed by atoms with Crippen LogP contribution < -0.4 is 0 Å². The zero-order valence-electron chi connectivity index (χ0n) is 9.64. The van der Waals surface area contributed by atoms with Gasteiger partial charge in [0.1, 0.15) is 6.07 Å². The average Bonchev–Trinajstić information content (AvgIpc) is 2.25. The number of methoxy groups -OCH3 is 1. The molecule has 0 saturated heterocycles. The van der Waals surface area contributed by atoms with Gasteiger partial charge in [-0.05, 0) is 24.6 Å². The van der Waals surface area contributed by atoms with Crippen LogP contribution in [0.3, 0.4) is 0 Å². The summed E-state index contributed by atoms with van der Waals surface area (Å²) in [6, 6.07) is 4.34. The van der Waals surface area contributed by atoms with E-state index in [2.05, 4.69) is 4.74 Å². The molecule has 0 spiro atoms. The molecule has 0 fully saturated rings. The van der Waals surface area contributed by atoms with Crippen molar-refractivity contribution >= 4 is 15.8 Å². The molecule has 0 heterocycles. The minimum absolute atomic E-state index is 0.0256. The van der Waals surface area contributed by atoms with E-state index < -0.39 is 15.8 Å². The highest BCUT2D eigenvalue weighted by atomic mass is 32.2. The van der Waals surface area contributed by atoms with Crippen molar-refractivity contribution in [2.24, 2.45) is 0 Å². The van der Waals surface area contributed by atoms with E-state index in [1.807, 2.05) is 0 Å². The van der Waals surface area contributed by atoms with E-state index in [9.17, 15) is 13.2 Å². The number of hydrogen-bond acceptors (Lipinski definition) is 5. The van der Waals surface area contributed by atoms with E-state index in [0.29, 0.717) is 5.56 Å². The SMILES string of the molecule is COC(=O)c1cc(S(C)(=O)=O)c(C#N)cc1C.